The lowest BCUT2D eigenvalue weighted by atomic mass is 9.87. The predicted molar refractivity (Wildman–Crippen MR) is 79.1 cm³/mol. The molecule has 0 atom stereocenters. The van der Waals surface area contributed by atoms with E-state index in [0.29, 0.717) is 12.1 Å². The van der Waals surface area contributed by atoms with E-state index in [-0.39, 0.29) is 11.9 Å². The van der Waals surface area contributed by atoms with Crippen molar-refractivity contribution in [1.82, 2.24) is 10.3 Å². The topological polar surface area (TPSA) is 68.0 Å². The molecule has 0 aliphatic heterocycles. The average molecular weight is 271 g/mol. The molecule has 1 aromatic rings. The minimum atomic E-state index is -0.0616. The molecule has 0 radical (unpaired) electrons. The Morgan fingerprint density at radius 2 is 2.15 bits per heavy atom. The zero-order valence-corrected chi connectivity index (χ0v) is 11.9. The largest absolute Gasteiger partial charge is 0.349 e. The van der Waals surface area contributed by atoms with Crippen LogP contribution in [-0.4, -0.2) is 23.5 Å². The Hall–Kier alpha value is -1.86. The zero-order chi connectivity index (χ0) is 14.4. The van der Waals surface area contributed by atoms with Crippen LogP contribution in [0.1, 0.15) is 48.5 Å². The molecule has 0 aromatic carbocycles. The molecule has 0 bridgehead atoms. The Morgan fingerprint density at radius 1 is 1.40 bits per heavy atom. The van der Waals surface area contributed by atoms with Gasteiger partial charge in [-0.1, -0.05) is 18.8 Å². The van der Waals surface area contributed by atoms with Crippen molar-refractivity contribution in [2.45, 2.75) is 38.6 Å². The van der Waals surface area contributed by atoms with Crippen LogP contribution in [0.2, 0.25) is 0 Å². The van der Waals surface area contributed by atoms with Gasteiger partial charge in [0.15, 0.2) is 0 Å². The van der Waals surface area contributed by atoms with Gasteiger partial charge in [-0.3, -0.25) is 9.78 Å². The lowest BCUT2D eigenvalue weighted by molar-refractivity contribution is 0.0922. The van der Waals surface area contributed by atoms with E-state index in [0.717, 1.165) is 24.3 Å². The highest BCUT2D eigenvalue weighted by Gasteiger charge is 2.20. The highest BCUT2D eigenvalue weighted by atomic mass is 16.1. The van der Waals surface area contributed by atoms with Gasteiger partial charge in [0.25, 0.3) is 5.91 Å². The molecule has 4 heteroatoms. The smallest absolute Gasteiger partial charge is 0.253 e. The van der Waals surface area contributed by atoms with Gasteiger partial charge in [0.05, 0.1) is 12.1 Å². The zero-order valence-electron chi connectivity index (χ0n) is 11.9. The summed E-state index contributed by atoms with van der Waals surface area (Å²) in [4.78, 5) is 16.3. The summed E-state index contributed by atoms with van der Waals surface area (Å²) in [5, 5.41) is 3.09. The third kappa shape index (κ3) is 4.07. The van der Waals surface area contributed by atoms with Gasteiger partial charge in [-0.05, 0) is 37.7 Å². The first-order chi connectivity index (χ1) is 9.69. The van der Waals surface area contributed by atoms with Crippen LogP contribution in [0.25, 0.3) is 0 Å². The number of amides is 1. The number of rotatable bonds is 2. The van der Waals surface area contributed by atoms with Crippen molar-refractivity contribution in [3.05, 3.63) is 29.6 Å². The Balaban J connectivity index is 1.98. The van der Waals surface area contributed by atoms with Gasteiger partial charge >= 0.3 is 0 Å². The number of carbonyl (C=O) groups is 1. The molecule has 0 unspecified atom stereocenters. The van der Waals surface area contributed by atoms with Crippen molar-refractivity contribution in [3.63, 3.8) is 0 Å². The van der Waals surface area contributed by atoms with E-state index < -0.39 is 0 Å². The van der Waals surface area contributed by atoms with E-state index in [1.54, 1.807) is 18.5 Å². The molecule has 1 saturated carbocycles. The number of carbonyl (C=O) groups excluding carboxylic acids is 1. The van der Waals surface area contributed by atoms with Gasteiger partial charge in [0.1, 0.15) is 0 Å². The summed E-state index contributed by atoms with van der Waals surface area (Å²) in [5.41, 5.74) is 6.62. The third-order valence-corrected chi connectivity index (χ3v) is 3.69. The SMILES string of the molecule is CC1CCC(NC(=O)c2cncc(C#CCN)c2)CC1. The highest BCUT2D eigenvalue weighted by molar-refractivity contribution is 5.94. The highest BCUT2D eigenvalue weighted by Crippen LogP contribution is 2.23. The summed E-state index contributed by atoms with van der Waals surface area (Å²) in [6.45, 7) is 2.57. The predicted octanol–water partition coefficient (Wildman–Crippen LogP) is 1.70. The van der Waals surface area contributed by atoms with E-state index in [1.807, 2.05) is 0 Å². The van der Waals surface area contributed by atoms with Crippen molar-refractivity contribution in [2.24, 2.45) is 11.7 Å². The molecule has 20 heavy (non-hydrogen) atoms. The van der Waals surface area contributed by atoms with Crippen molar-refractivity contribution >= 4 is 5.91 Å². The minimum Gasteiger partial charge on any atom is -0.349 e. The van der Waals surface area contributed by atoms with E-state index in [9.17, 15) is 4.79 Å². The molecule has 1 aliphatic carbocycles. The van der Waals surface area contributed by atoms with Gasteiger partial charge in [0, 0.05) is 24.0 Å². The number of nitrogens with one attached hydrogen (secondary N) is 1. The maximum absolute atomic E-state index is 12.2. The first-order valence-electron chi connectivity index (χ1n) is 7.14. The molecule has 1 aromatic heterocycles. The van der Waals surface area contributed by atoms with Crippen LogP contribution in [0.4, 0.5) is 0 Å². The van der Waals surface area contributed by atoms with Crippen molar-refractivity contribution in [1.29, 1.82) is 0 Å². The number of pyridine rings is 1. The molecule has 1 amide bonds. The van der Waals surface area contributed by atoms with E-state index in [4.69, 9.17) is 5.73 Å². The maximum Gasteiger partial charge on any atom is 0.253 e. The number of nitrogens with two attached hydrogens (primary N) is 1. The van der Waals surface area contributed by atoms with Crippen LogP contribution >= 0.6 is 0 Å². The summed E-state index contributed by atoms with van der Waals surface area (Å²) >= 11 is 0. The van der Waals surface area contributed by atoms with Crippen LogP contribution in [0.3, 0.4) is 0 Å². The first kappa shape index (κ1) is 14.5. The Morgan fingerprint density at radius 3 is 2.85 bits per heavy atom. The van der Waals surface area contributed by atoms with Crippen LogP contribution < -0.4 is 11.1 Å². The molecule has 3 N–H and O–H groups in total. The summed E-state index contributed by atoms with van der Waals surface area (Å²) in [6.07, 6.45) is 7.71. The Labute approximate surface area is 120 Å². The number of hydrogen-bond acceptors (Lipinski definition) is 3. The molecule has 106 valence electrons. The van der Waals surface area contributed by atoms with Crippen LogP contribution in [0.5, 0.6) is 0 Å². The average Bonchev–Trinajstić information content (AvgIpc) is 2.48. The Kier molecular flexibility index (Phi) is 5.14. The van der Waals surface area contributed by atoms with Crippen molar-refractivity contribution in [3.8, 4) is 11.8 Å². The first-order valence-corrected chi connectivity index (χ1v) is 7.14. The lowest BCUT2D eigenvalue weighted by Gasteiger charge is -2.26. The summed E-state index contributed by atoms with van der Waals surface area (Å²) in [6, 6.07) is 2.05. The molecule has 1 fully saturated rings. The van der Waals surface area contributed by atoms with Gasteiger partial charge in [-0.2, -0.15) is 0 Å². The van der Waals surface area contributed by atoms with Gasteiger partial charge in [-0.15, -0.1) is 0 Å². The molecule has 4 nitrogen and oxygen atoms in total. The second-order valence-corrected chi connectivity index (χ2v) is 5.40. The third-order valence-electron chi connectivity index (χ3n) is 3.69. The second kappa shape index (κ2) is 7.06. The number of hydrogen-bond donors (Lipinski definition) is 2. The summed E-state index contributed by atoms with van der Waals surface area (Å²) in [7, 11) is 0. The quantitative estimate of drug-likeness (QED) is 0.804. The molecular formula is C16H21N3O. The molecule has 2 rings (SSSR count). The number of nitrogens with zero attached hydrogens (tertiary/aromatic N) is 1. The van der Waals surface area contributed by atoms with Gasteiger partial charge in [0.2, 0.25) is 0 Å². The molecule has 0 spiro atoms. The maximum atomic E-state index is 12.2. The fourth-order valence-electron chi connectivity index (χ4n) is 2.46. The fourth-order valence-corrected chi connectivity index (χ4v) is 2.46. The second-order valence-electron chi connectivity index (χ2n) is 5.40. The van der Waals surface area contributed by atoms with Crippen molar-refractivity contribution < 1.29 is 4.79 Å². The summed E-state index contributed by atoms with van der Waals surface area (Å²) in [5.74, 6) is 6.37. The van der Waals surface area contributed by atoms with E-state index in [2.05, 4.69) is 29.1 Å². The van der Waals surface area contributed by atoms with Gasteiger partial charge < -0.3 is 11.1 Å². The van der Waals surface area contributed by atoms with Crippen LogP contribution in [0, 0.1) is 17.8 Å². The molecule has 1 aliphatic rings. The van der Waals surface area contributed by atoms with Gasteiger partial charge in [-0.25, -0.2) is 0 Å². The van der Waals surface area contributed by atoms with Crippen molar-refractivity contribution in [2.75, 3.05) is 6.54 Å². The molecule has 1 heterocycles. The monoisotopic (exact) mass is 271 g/mol. The van der Waals surface area contributed by atoms with Crippen LogP contribution in [0.15, 0.2) is 18.5 Å². The molecular weight excluding hydrogens is 250 g/mol. The standard InChI is InChI=1S/C16H21N3O/c1-12-4-6-15(7-5-12)19-16(20)14-9-13(3-2-8-17)10-18-11-14/h9-12,15H,4-8,17H2,1H3,(H,19,20). The van der Waals surface area contributed by atoms with E-state index in [1.165, 1.54) is 12.8 Å². The van der Waals surface area contributed by atoms with E-state index >= 15 is 0 Å². The molecule has 0 saturated heterocycles. The lowest BCUT2D eigenvalue weighted by Crippen LogP contribution is -2.37. The minimum absolute atomic E-state index is 0.0616. The number of aromatic nitrogens is 1. The summed E-state index contributed by atoms with van der Waals surface area (Å²) < 4.78 is 0. The normalized spacial score (nSPS) is 21.7. The van der Waals surface area contributed by atoms with Crippen LogP contribution in [-0.2, 0) is 0 Å². The Bertz CT molecular complexity index is 522. The fraction of sp³-hybridized carbons (Fsp3) is 0.500.